The van der Waals surface area contributed by atoms with Crippen LogP contribution in [0.4, 0.5) is 0 Å². The summed E-state index contributed by atoms with van der Waals surface area (Å²) in [6.45, 7) is 2.73. The lowest BCUT2D eigenvalue weighted by Crippen LogP contribution is -2.10. The lowest BCUT2D eigenvalue weighted by Gasteiger charge is -2.03. The molecule has 0 saturated carbocycles. The summed E-state index contributed by atoms with van der Waals surface area (Å²) in [6.07, 6.45) is 3.76. The Kier molecular flexibility index (Phi) is 5.28. The van der Waals surface area contributed by atoms with E-state index in [0.29, 0.717) is 24.7 Å². The van der Waals surface area contributed by atoms with Crippen molar-refractivity contribution in [3.8, 4) is 0 Å². The number of nitrogens with two attached hydrogens (primary N) is 1. The zero-order chi connectivity index (χ0) is 11.1. The quantitative estimate of drug-likeness (QED) is 0.742. The Labute approximate surface area is 90.0 Å². The summed E-state index contributed by atoms with van der Waals surface area (Å²) in [5.41, 5.74) is 5.90. The van der Waals surface area contributed by atoms with Crippen LogP contribution < -0.4 is 5.73 Å². The first-order valence-corrected chi connectivity index (χ1v) is 5.35. The first kappa shape index (κ1) is 12.1. The van der Waals surface area contributed by atoms with Gasteiger partial charge in [0.2, 0.25) is 5.89 Å². The molecule has 0 radical (unpaired) electrons. The normalized spacial score (nSPS) is 13.0. The highest BCUT2D eigenvalue weighted by atomic mass is 16.5. The van der Waals surface area contributed by atoms with Gasteiger partial charge in [0.15, 0.2) is 5.82 Å². The van der Waals surface area contributed by atoms with E-state index in [1.807, 2.05) is 0 Å². The zero-order valence-electron chi connectivity index (χ0n) is 9.40. The smallest absolute Gasteiger partial charge is 0.243 e. The van der Waals surface area contributed by atoms with Gasteiger partial charge in [0.25, 0.3) is 0 Å². The molecule has 1 atom stereocenters. The minimum Gasteiger partial charge on any atom is -0.384 e. The maximum Gasteiger partial charge on any atom is 0.243 e. The van der Waals surface area contributed by atoms with Crippen molar-refractivity contribution in [1.82, 2.24) is 10.1 Å². The largest absolute Gasteiger partial charge is 0.384 e. The van der Waals surface area contributed by atoms with Crippen LogP contribution in [-0.4, -0.2) is 23.9 Å². The summed E-state index contributed by atoms with van der Waals surface area (Å²) in [5, 5.41) is 3.84. The van der Waals surface area contributed by atoms with Gasteiger partial charge in [0.1, 0.15) is 0 Å². The molecule has 0 bridgehead atoms. The van der Waals surface area contributed by atoms with Gasteiger partial charge in [0, 0.05) is 13.5 Å². The summed E-state index contributed by atoms with van der Waals surface area (Å²) in [4.78, 5) is 4.22. The Balaban J connectivity index is 2.43. The molecule has 0 aliphatic heterocycles. The SMILES string of the molecule is CCCCC(N)c1nc(CCOC)no1. The van der Waals surface area contributed by atoms with Gasteiger partial charge >= 0.3 is 0 Å². The Morgan fingerprint density at radius 1 is 1.53 bits per heavy atom. The molecule has 0 fully saturated rings. The fourth-order valence-corrected chi connectivity index (χ4v) is 1.26. The van der Waals surface area contributed by atoms with Crippen LogP contribution in [0.5, 0.6) is 0 Å². The molecular formula is C10H19N3O2. The molecule has 1 heterocycles. The number of ether oxygens (including phenoxy) is 1. The highest BCUT2D eigenvalue weighted by molar-refractivity contribution is 4.91. The van der Waals surface area contributed by atoms with Crippen LogP contribution in [-0.2, 0) is 11.2 Å². The van der Waals surface area contributed by atoms with Crippen LogP contribution in [0.2, 0.25) is 0 Å². The van der Waals surface area contributed by atoms with E-state index in [-0.39, 0.29) is 6.04 Å². The number of rotatable bonds is 7. The van der Waals surface area contributed by atoms with E-state index >= 15 is 0 Å². The molecule has 1 rings (SSSR count). The van der Waals surface area contributed by atoms with Crippen LogP contribution in [0.1, 0.15) is 43.9 Å². The van der Waals surface area contributed by atoms with E-state index in [1.54, 1.807) is 7.11 Å². The number of aromatic nitrogens is 2. The maximum atomic E-state index is 5.90. The van der Waals surface area contributed by atoms with E-state index < -0.39 is 0 Å². The van der Waals surface area contributed by atoms with Crippen molar-refractivity contribution in [2.75, 3.05) is 13.7 Å². The number of hydrogen-bond acceptors (Lipinski definition) is 5. The van der Waals surface area contributed by atoms with Crippen LogP contribution in [0.15, 0.2) is 4.52 Å². The molecule has 0 saturated heterocycles. The molecule has 15 heavy (non-hydrogen) atoms. The van der Waals surface area contributed by atoms with E-state index in [0.717, 1.165) is 19.3 Å². The Morgan fingerprint density at radius 2 is 2.33 bits per heavy atom. The lowest BCUT2D eigenvalue weighted by atomic mass is 10.1. The van der Waals surface area contributed by atoms with Gasteiger partial charge in [-0.2, -0.15) is 4.98 Å². The highest BCUT2D eigenvalue weighted by Gasteiger charge is 2.13. The van der Waals surface area contributed by atoms with Gasteiger partial charge in [0.05, 0.1) is 12.6 Å². The minimum atomic E-state index is -0.131. The van der Waals surface area contributed by atoms with Crippen molar-refractivity contribution in [3.05, 3.63) is 11.7 Å². The molecule has 2 N–H and O–H groups in total. The third-order valence-electron chi connectivity index (χ3n) is 2.20. The second kappa shape index (κ2) is 6.53. The molecule has 1 aromatic rings. The highest BCUT2D eigenvalue weighted by Crippen LogP contribution is 2.14. The summed E-state index contributed by atoms with van der Waals surface area (Å²) in [7, 11) is 1.65. The molecule has 0 aliphatic rings. The third-order valence-corrected chi connectivity index (χ3v) is 2.20. The molecule has 1 unspecified atom stereocenters. The summed E-state index contributed by atoms with van der Waals surface area (Å²) >= 11 is 0. The fourth-order valence-electron chi connectivity index (χ4n) is 1.26. The Bertz CT molecular complexity index is 275. The number of nitrogens with zero attached hydrogens (tertiary/aromatic N) is 2. The zero-order valence-corrected chi connectivity index (χ0v) is 9.40. The van der Waals surface area contributed by atoms with Crippen LogP contribution >= 0.6 is 0 Å². The molecule has 0 amide bonds. The van der Waals surface area contributed by atoms with Crippen molar-refractivity contribution in [2.45, 2.75) is 38.6 Å². The Morgan fingerprint density at radius 3 is 3.00 bits per heavy atom. The van der Waals surface area contributed by atoms with Gasteiger partial charge in [-0.15, -0.1) is 0 Å². The van der Waals surface area contributed by atoms with Crippen molar-refractivity contribution in [3.63, 3.8) is 0 Å². The van der Waals surface area contributed by atoms with Crippen LogP contribution in [0.3, 0.4) is 0 Å². The molecule has 0 aromatic carbocycles. The van der Waals surface area contributed by atoms with Crippen molar-refractivity contribution < 1.29 is 9.26 Å². The topological polar surface area (TPSA) is 74.2 Å². The van der Waals surface area contributed by atoms with Gasteiger partial charge < -0.3 is 15.0 Å². The monoisotopic (exact) mass is 213 g/mol. The molecular weight excluding hydrogens is 194 g/mol. The van der Waals surface area contributed by atoms with E-state index in [2.05, 4.69) is 17.1 Å². The van der Waals surface area contributed by atoms with Crippen LogP contribution in [0.25, 0.3) is 0 Å². The maximum absolute atomic E-state index is 5.90. The molecule has 0 spiro atoms. The molecule has 1 aromatic heterocycles. The second-order valence-corrected chi connectivity index (χ2v) is 3.54. The average Bonchev–Trinajstić information content (AvgIpc) is 2.71. The summed E-state index contributed by atoms with van der Waals surface area (Å²) in [5.74, 6) is 1.20. The fraction of sp³-hybridized carbons (Fsp3) is 0.800. The second-order valence-electron chi connectivity index (χ2n) is 3.54. The first-order chi connectivity index (χ1) is 7.27. The molecule has 0 aliphatic carbocycles. The van der Waals surface area contributed by atoms with Gasteiger partial charge in [-0.3, -0.25) is 0 Å². The standard InChI is InChI=1S/C10H19N3O2/c1-3-4-5-8(11)10-12-9(13-15-10)6-7-14-2/h8H,3-7,11H2,1-2H3. The van der Waals surface area contributed by atoms with E-state index in [9.17, 15) is 0 Å². The predicted molar refractivity (Wildman–Crippen MR) is 56.3 cm³/mol. The summed E-state index contributed by atoms with van der Waals surface area (Å²) in [6, 6.07) is -0.131. The third kappa shape index (κ3) is 3.97. The molecule has 5 heteroatoms. The van der Waals surface area contributed by atoms with Crippen LogP contribution in [0, 0.1) is 0 Å². The predicted octanol–water partition coefficient (Wildman–Crippen LogP) is 1.45. The van der Waals surface area contributed by atoms with Crippen molar-refractivity contribution >= 4 is 0 Å². The van der Waals surface area contributed by atoms with Crippen molar-refractivity contribution in [1.29, 1.82) is 0 Å². The van der Waals surface area contributed by atoms with E-state index in [4.69, 9.17) is 15.0 Å². The number of methoxy groups -OCH3 is 1. The number of hydrogen-bond donors (Lipinski definition) is 1. The minimum absolute atomic E-state index is 0.131. The van der Waals surface area contributed by atoms with Gasteiger partial charge in [-0.25, -0.2) is 0 Å². The van der Waals surface area contributed by atoms with Gasteiger partial charge in [-0.1, -0.05) is 24.9 Å². The molecule has 5 nitrogen and oxygen atoms in total. The van der Waals surface area contributed by atoms with E-state index in [1.165, 1.54) is 0 Å². The van der Waals surface area contributed by atoms with Crippen molar-refractivity contribution in [2.24, 2.45) is 5.73 Å². The van der Waals surface area contributed by atoms with Gasteiger partial charge in [-0.05, 0) is 6.42 Å². The average molecular weight is 213 g/mol. The molecule has 86 valence electrons. The Hall–Kier alpha value is -0.940. The lowest BCUT2D eigenvalue weighted by molar-refractivity contribution is 0.199. The first-order valence-electron chi connectivity index (χ1n) is 5.35. The number of unbranched alkanes of at least 4 members (excludes halogenated alkanes) is 1. The summed E-state index contributed by atoms with van der Waals surface area (Å²) < 4.78 is 10.0.